The third kappa shape index (κ3) is 3.49. The predicted octanol–water partition coefficient (Wildman–Crippen LogP) is 2.23. The van der Waals surface area contributed by atoms with Crippen LogP contribution in [0.15, 0.2) is 55.1 Å². The van der Waals surface area contributed by atoms with E-state index in [2.05, 4.69) is 68.6 Å². The minimum absolute atomic E-state index is 0.141. The molecule has 2 aromatic heterocycles. The van der Waals surface area contributed by atoms with Gasteiger partial charge in [-0.3, -0.25) is 19.2 Å². The zero-order chi connectivity index (χ0) is 17.9. The Bertz CT molecular complexity index is 850. The molecule has 6 nitrogen and oxygen atoms in total. The highest BCUT2D eigenvalue weighted by Crippen LogP contribution is 2.28. The number of rotatable bonds is 5. The molecule has 3 heterocycles. The fourth-order valence-corrected chi connectivity index (χ4v) is 3.79. The molecule has 1 aromatic carbocycles. The molecule has 0 aliphatic carbocycles. The number of benzene rings is 1. The van der Waals surface area contributed by atoms with Crippen molar-refractivity contribution in [2.24, 2.45) is 0 Å². The van der Waals surface area contributed by atoms with E-state index in [1.165, 1.54) is 5.56 Å². The Labute approximate surface area is 154 Å². The topological polar surface area (TPSA) is 45.9 Å². The summed E-state index contributed by atoms with van der Waals surface area (Å²) in [5.41, 5.74) is 3.35. The molecular formula is C20H25N5O. The van der Waals surface area contributed by atoms with Gasteiger partial charge in [-0.25, -0.2) is 4.98 Å². The average Bonchev–Trinajstić information content (AvgIpc) is 3.05. The van der Waals surface area contributed by atoms with Crippen molar-refractivity contribution in [1.29, 1.82) is 0 Å². The molecule has 1 aliphatic rings. The number of hydrogen-bond donors (Lipinski definition) is 0. The maximum absolute atomic E-state index is 6.18. The van der Waals surface area contributed by atoms with Gasteiger partial charge in [-0.1, -0.05) is 30.3 Å². The smallest absolute Gasteiger partial charge is 0.155 e. The molecule has 0 spiro atoms. The summed E-state index contributed by atoms with van der Waals surface area (Å²) in [7, 11) is 4.32. The van der Waals surface area contributed by atoms with Gasteiger partial charge >= 0.3 is 0 Å². The summed E-state index contributed by atoms with van der Waals surface area (Å²) in [6, 6.07) is 10.9. The zero-order valence-corrected chi connectivity index (χ0v) is 15.3. The van der Waals surface area contributed by atoms with Crippen LogP contribution in [0, 0.1) is 0 Å². The highest BCUT2D eigenvalue weighted by molar-refractivity contribution is 5.36. The number of morpholine rings is 1. The van der Waals surface area contributed by atoms with E-state index in [9.17, 15) is 0 Å². The normalized spacial score (nSPS) is 21.5. The minimum Gasteiger partial charge on any atom is -0.374 e. The van der Waals surface area contributed by atoms with Crippen molar-refractivity contribution in [1.82, 2.24) is 24.2 Å². The molecule has 0 radical (unpaired) electrons. The van der Waals surface area contributed by atoms with Gasteiger partial charge in [0.25, 0.3) is 0 Å². The summed E-state index contributed by atoms with van der Waals surface area (Å²) in [6.45, 7) is 3.41. The third-order valence-electron chi connectivity index (χ3n) is 5.06. The van der Waals surface area contributed by atoms with Gasteiger partial charge in [0.2, 0.25) is 0 Å². The van der Waals surface area contributed by atoms with Crippen LogP contribution in [0.25, 0.3) is 5.65 Å². The fourth-order valence-electron chi connectivity index (χ4n) is 3.79. The van der Waals surface area contributed by atoms with Gasteiger partial charge in [0.15, 0.2) is 5.65 Å². The first kappa shape index (κ1) is 17.1. The molecule has 1 saturated heterocycles. The predicted molar refractivity (Wildman–Crippen MR) is 101 cm³/mol. The molecular weight excluding hydrogens is 326 g/mol. The van der Waals surface area contributed by atoms with E-state index in [4.69, 9.17) is 4.74 Å². The number of nitrogens with zero attached hydrogens (tertiary/aromatic N) is 5. The molecule has 2 atom stereocenters. The second-order valence-electron chi connectivity index (χ2n) is 7.00. The molecule has 3 aromatic rings. The largest absolute Gasteiger partial charge is 0.374 e. The fraction of sp³-hybridized carbons (Fsp3) is 0.400. The zero-order valence-electron chi connectivity index (χ0n) is 15.3. The Morgan fingerprint density at radius 3 is 2.92 bits per heavy atom. The summed E-state index contributed by atoms with van der Waals surface area (Å²) in [5.74, 6) is 0. The number of likely N-dealkylation sites (N-methyl/N-ethyl adjacent to an activating group) is 2. The van der Waals surface area contributed by atoms with Crippen LogP contribution in [-0.4, -0.2) is 64.1 Å². The molecule has 6 heteroatoms. The quantitative estimate of drug-likeness (QED) is 0.705. The average molecular weight is 351 g/mol. The maximum Gasteiger partial charge on any atom is 0.155 e. The summed E-state index contributed by atoms with van der Waals surface area (Å²) >= 11 is 0. The lowest BCUT2D eigenvalue weighted by Crippen LogP contribution is -2.47. The molecule has 1 aliphatic heterocycles. The van der Waals surface area contributed by atoms with Crippen molar-refractivity contribution >= 4 is 5.65 Å². The van der Waals surface area contributed by atoms with Crippen molar-refractivity contribution in [2.75, 3.05) is 33.8 Å². The number of aromatic nitrogens is 3. The molecule has 26 heavy (non-hydrogen) atoms. The Morgan fingerprint density at radius 2 is 2.08 bits per heavy atom. The number of fused-ring (bicyclic) bond motifs is 1. The van der Waals surface area contributed by atoms with E-state index >= 15 is 0 Å². The molecule has 0 amide bonds. The van der Waals surface area contributed by atoms with Crippen molar-refractivity contribution in [3.05, 3.63) is 66.4 Å². The lowest BCUT2D eigenvalue weighted by molar-refractivity contribution is -0.0743. The highest BCUT2D eigenvalue weighted by atomic mass is 16.5. The van der Waals surface area contributed by atoms with Gasteiger partial charge in [-0.05, 0) is 19.7 Å². The van der Waals surface area contributed by atoms with Gasteiger partial charge in [0, 0.05) is 32.0 Å². The van der Waals surface area contributed by atoms with Crippen molar-refractivity contribution in [3.8, 4) is 0 Å². The Kier molecular flexibility index (Phi) is 4.97. The monoisotopic (exact) mass is 351 g/mol. The molecule has 1 fully saturated rings. The van der Waals surface area contributed by atoms with Gasteiger partial charge < -0.3 is 4.74 Å². The van der Waals surface area contributed by atoms with Crippen LogP contribution in [0.1, 0.15) is 17.3 Å². The van der Waals surface area contributed by atoms with Crippen LogP contribution >= 0.6 is 0 Å². The van der Waals surface area contributed by atoms with Crippen LogP contribution in [0.5, 0.6) is 0 Å². The van der Waals surface area contributed by atoms with E-state index in [0.717, 1.165) is 37.6 Å². The second kappa shape index (κ2) is 7.53. The van der Waals surface area contributed by atoms with Crippen LogP contribution in [0.2, 0.25) is 0 Å². The molecule has 136 valence electrons. The molecule has 0 saturated carbocycles. The van der Waals surface area contributed by atoms with Gasteiger partial charge in [0.05, 0.1) is 36.8 Å². The van der Waals surface area contributed by atoms with Crippen LogP contribution in [0.3, 0.4) is 0 Å². The number of ether oxygens (including phenoxy) is 1. The Balaban J connectivity index is 1.49. The molecule has 0 N–H and O–H groups in total. The van der Waals surface area contributed by atoms with E-state index in [-0.39, 0.29) is 12.1 Å². The van der Waals surface area contributed by atoms with Crippen molar-refractivity contribution in [3.63, 3.8) is 0 Å². The van der Waals surface area contributed by atoms with Crippen molar-refractivity contribution < 1.29 is 4.74 Å². The number of imidazole rings is 1. The van der Waals surface area contributed by atoms with Gasteiger partial charge in [0.1, 0.15) is 0 Å². The van der Waals surface area contributed by atoms with E-state index in [1.54, 1.807) is 12.4 Å². The lowest BCUT2D eigenvalue weighted by atomic mass is 9.98. The standard InChI is InChI=1S/C20H25N5O/c1-23(14-17-12-22-19-13-21-8-9-25(17)19)15-18-20(24(2)10-11-26-18)16-6-4-3-5-7-16/h3-9,12-13,18,20H,10-11,14-15H2,1-2H3/t18-,20-/m0/s1. The first-order valence-corrected chi connectivity index (χ1v) is 9.03. The molecule has 0 unspecified atom stereocenters. The summed E-state index contributed by atoms with van der Waals surface area (Å²) in [6.07, 6.45) is 7.61. The first-order chi connectivity index (χ1) is 12.7. The van der Waals surface area contributed by atoms with Crippen molar-refractivity contribution in [2.45, 2.75) is 18.7 Å². The minimum atomic E-state index is 0.141. The Hall–Kier alpha value is -2.28. The second-order valence-corrected chi connectivity index (χ2v) is 7.00. The van der Waals surface area contributed by atoms with Crippen LogP contribution in [0.4, 0.5) is 0 Å². The summed E-state index contributed by atoms with van der Waals surface area (Å²) in [5, 5.41) is 0. The SMILES string of the molecule is CN(Cc1cnc2cnccn12)C[C@@H]1OCCN(C)[C@H]1c1ccccc1. The van der Waals surface area contributed by atoms with Gasteiger partial charge in [-0.2, -0.15) is 0 Å². The maximum atomic E-state index is 6.18. The van der Waals surface area contributed by atoms with Crippen LogP contribution < -0.4 is 0 Å². The highest BCUT2D eigenvalue weighted by Gasteiger charge is 2.32. The first-order valence-electron chi connectivity index (χ1n) is 9.03. The molecule has 4 rings (SSSR count). The van der Waals surface area contributed by atoms with Crippen LogP contribution in [-0.2, 0) is 11.3 Å². The van der Waals surface area contributed by atoms with E-state index in [1.807, 2.05) is 12.4 Å². The van der Waals surface area contributed by atoms with E-state index in [0.29, 0.717) is 0 Å². The summed E-state index contributed by atoms with van der Waals surface area (Å²) in [4.78, 5) is 13.3. The lowest BCUT2D eigenvalue weighted by Gasteiger charge is -2.41. The Morgan fingerprint density at radius 1 is 1.23 bits per heavy atom. The molecule has 0 bridgehead atoms. The van der Waals surface area contributed by atoms with E-state index < -0.39 is 0 Å². The van der Waals surface area contributed by atoms with Gasteiger partial charge in [-0.15, -0.1) is 0 Å². The third-order valence-corrected chi connectivity index (χ3v) is 5.06. The number of hydrogen-bond acceptors (Lipinski definition) is 5. The summed E-state index contributed by atoms with van der Waals surface area (Å²) < 4.78 is 8.27.